The highest BCUT2D eigenvalue weighted by molar-refractivity contribution is 6.31. The number of anilines is 1. The van der Waals surface area contributed by atoms with Crippen molar-refractivity contribution in [2.45, 2.75) is 96.9 Å². The number of hydrogen-bond donors (Lipinski definition) is 4. The fraction of sp³-hybridized carbons (Fsp3) is 0.314. The Morgan fingerprint density at radius 2 is 1.71 bits per heavy atom. The lowest BCUT2D eigenvalue weighted by Gasteiger charge is -2.34. The Kier molecular flexibility index (Phi) is 14.9. The molecule has 18 heteroatoms. The molecule has 7 rings (SSSR count). The Morgan fingerprint density at radius 1 is 0.971 bits per heavy atom. The van der Waals surface area contributed by atoms with Crippen molar-refractivity contribution < 1.29 is 51.5 Å². The van der Waals surface area contributed by atoms with E-state index in [4.69, 9.17) is 16.3 Å². The summed E-state index contributed by atoms with van der Waals surface area (Å²) in [6.45, 7) is 6.14. The zero-order valence-electron chi connectivity index (χ0n) is 38.1. The van der Waals surface area contributed by atoms with E-state index in [2.05, 4.69) is 32.8 Å². The lowest BCUT2D eigenvalue weighted by atomic mass is 9.96. The second-order valence-electron chi connectivity index (χ2n) is 17.6. The highest BCUT2D eigenvalue weighted by Crippen LogP contribution is 2.37. The van der Waals surface area contributed by atoms with E-state index in [1.807, 2.05) is 0 Å². The molecule has 69 heavy (non-hydrogen) atoms. The van der Waals surface area contributed by atoms with E-state index >= 15 is 0 Å². The number of nitrogens with one attached hydrogen (secondary N) is 4. The minimum Gasteiger partial charge on any atom is -0.461 e. The number of halogens is 4. The van der Waals surface area contributed by atoms with E-state index < -0.39 is 65.3 Å². The summed E-state index contributed by atoms with van der Waals surface area (Å²) < 4.78 is 49.1. The largest absolute Gasteiger partial charge is 0.461 e. The van der Waals surface area contributed by atoms with Crippen molar-refractivity contribution >= 4 is 69.6 Å². The summed E-state index contributed by atoms with van der Waals surface area (Å²) in [6.07, 6.45) is 1.88. The molecule has 358 valence electrons. The summed E-state index contributed by atoms with van der Waals surface area (Å²) >= 11 is 6.32. The fourth-order valence-electron chi connectivity index (χ4n) is 8.36. The fourth-order valence-corrected chi connectivity index (χ4v) is 8.53. The van der Waals surface area contributed by atoms with E-state index in [-0.39, 0.29) is 83.2 Å². The molecule has 2 unspecified atom stereocenters. The second kappa shape index (κ2) is 20.8. The van der Waals surface area contributed by atoms with Gasteiger partial charge in [-0.05, 0) is 113 Å². The topological polar surface area (TPSA) is 187 Å². The first kappa shape index (κ1) is 49.5. The van der Waals surface area contributed by atoms with Gasteiger partial charge in [0.1, 0.15) is 17.8 Å². The number of benzene rings is 4. The molecule has 14 nitrogen and oxygen atoms in total. The van der Waals surface area contributed by atoms with E-state index in [1.54, 1.807) is 58.0 Å². The number of unbranched alkanes of at least 4 members (excludes halogenated alkanes) is 2. The van der Waals surface area contributed by atoms with Crippen LogP contribution in [0.1, 0.15) is 126 Å². The minimum atomic E-state index is -1.73. The summed E-state index contributed by atoms with van der Waals surface area (Å²) in [6, 6.07) is 14.6. The lowest BCUT2D eigenvalue weighted by Crippen LogP contribution is -2.52. The average molecular weight is 965 g/mol. The Bertz CT molecular complexity index is 2950. The van der Waals surface area contributed by atoms with Crippen LogP contribution in [0.25, 0.3) is 10.9 Å². The number of nitrogens with zero attached hydrogens (tertiary/aromatic N) is 2. The quantitative estimate of drug-likeness (QED) is 0.0283. The van der Waals surface area contributed by atoms with Gasteiger partial charge in [-0.1, -0.05) is 41.6 Å². The predicted molar refractivity (Wildman–Crippen MR) is 249 cm³/mol. The zero-order chi connectivity index (χ0) is 49.7. The third-order valence-corrected chi connectivity index (χ3v) is 11.7. The Labute approximate surface area is 400 Å². The summed E-state index contributed by atoms with van der Waals surface area (Å²) in [5.41, 5.74) is 0.948. The highest BCUT2D eigenvalue weighted by Gasteiger charge is 2.41. The normalized spacial score (nSPS) is 14.9. The number of rotatable bonds is 14. The van der Waals surface area contributed by atoms with Crippen LogP contribution in [-0.2, 0) is 37.0 Å². The molecule has 3 heterocycles. The maximum Gasteiger partial charge on any atom is 0.355 e. The predicted octanol–water partition coefficient (Wildman–Crippen LogP) is 8.03. The molecule has 4 N–H and O–H groups in total. The molecule has 2 atom stereocenters. The van der Waals surface area contributed by atoms with Gasteiger partial charge in [-0.2, -0.15) is 0 Å². The van der Waals surface area contributed by atoms with Crippen LogP contribution in [0.15, 0.2) is 72.8 Å². The summed E-state index contributed by atoms with van der Waals surface area (Å²) in [4.78, 5) is 99.2. The number of H-pyrrole nitrogens is 1. The van der Waals surface area contributed by atoms with Gasteiger partial charge in [-0.25, -0.2) is 18.0 Å². The van der Waals surface area contributed by atoms with Crippen molar-refractivity contribution in [2.24, 2.45) is 0 Å². The first-order valence-electron chi connectivity index (χ1n) is 22.2. The summed E-state index contributed by atoms with van der Waals surface area (Å²) in [5.74, 6) is -2.64. The molecule has 0 radical (unpaired) electrons. The molecule has 1 saturated heterocycles. The van der Waals surface area contributed by atoms with Crippen LogP contribution < -0.4 is 16.0 Å². The molecule has 2 aliphatic heterocycles. The highest BCUT2D eigenvalue weighted by atomic mass is 35.5. The van der Waals surface area contributed by atoms with Gasteiger partial charge in [0.25, 0.3) is 11.8 Å². The van der Waals surface area contributed by atoms with Gasteiger partial charge in [0, 0.05) is 81.8 Å². The van der Waals surface area contributed by atoms with Crippen LogP contribution in [0.2, 0.25) is 5.02 Å². The van der Waals surface area contributed by atoms with Crippen LogP contribution in [0.3, 0.4) is 0 Å². The van der Waals surface area contributed by atoms with Gasteiger partial charge in [0.05, 0.1) is 6.61 Å². The van der Waals surface area contributed by atoms with Gasteiger partial charge in [-0.3, -0.25) is 34.1 Å². The van der Waals surface area contributed by atoms with Crippen LogP contribution in [0, 0.1) is 29.3 Å². The van der Waals surface area contributed by atoms with Crippen molar-refractivity contribution in [3.63, 3.8) is 0 Å². The first-order valence-corrected chi connectivity index (χ1v) is 22.6. The number of piperidine rings is 1. The Hall–Kier alpha value is -7.45. The number of aromatic amines is 1. The molecule has 6 amide bonds. The minimum absolute atomic E-state index is 0.00776. The van der Waals surface area contributed by atoms with Crippen LogP contribution in [0.4, 0.5) is 18.9 Å². The van der Waals surface area contributed by atoms with Crippen molar-refractivity contribution in [1.29, 1.82) is 0 Å². The molecule has 2 aliphatic rings. The number of carbonyl (C=O) groups is 7. The van der Waals surface area contributed by atoms with E-state index in [0.29, 0.717) is 59.0 Å². The molecule has 4 aromatic carbocycles. The van der Waals surface area contributed by atoms with E-state index in [0.717, 1.165) is 4.90 Å². The number of carbonyl (C=O) groups excluding carboxylic acids is 7. The Balaban J connectivity index is 1.10. The van der Waals surface area contributed by atoms with Crippen molar-refractivity contribution in [3.05, 3.63) is 134 Å². The summed E-state index contributed by atoms with van der Waals surface area (Å²) in [5, 5.41) is 8.52. The van der Waals surface area contributed by atoms with Gasteiger partial charge in [-0.15, -0.1) is 0 Å². The van der Waals surface area contributed by atoms with Crippen LogP contribution >= 0.6 is 11.6 Å². The molecule has 1 aromatic heterocycles. The number of hydrogen-bond acceptors (Lipinski definition) is 8. The summed E-state index contributed by atoms with van der Waals surface area (Å²) in [7, 11) is 0. The smallest absolute Gasteiger partial charge is 0.355 e. The zero-order valence-corrected chi connectivity index (χ0v) is 38.9. The molecule has 1 fully saturated rings. The number of fused-ring (bicyclic) bond motifs is 2. The average Bonchev–Trinajstić information content (AvgIpc) is 3.83. The van der Waals surface area contributed by atoms with Gasteiger partial charge in [0.15, 0.2) is 17.5 Å². The maximum absolute atomic E-state index is 15.0. The molecule has 0 aliphatic carbocycles. The number of esters is 1. The van der Waals surface area contributed by atoms with Gasteiger partial charge in [0.2, 0.25) is 23.6 Å². The molecule has 0 bridgehead atoms. The molecule has 0 spiro atoms. The number of ether oxygens (including phenoxy) is 1. The van der Waals surface area contributed by atoms with E-state index in [9.17, 15) is 46.7 Å². The standard InChI is InChI=1S/C51H48ClF3N6O8/c1-5-69-50(68)44-42(34-19-18-31(52)25-38(34)57-44)45(47(65)59-51(2,3)4)61(26-28-22-36(53)43(55)37(54)23-28)48(66)30-14-10-15-32(24-30)56-40(62)17-9-7-6-8-12-29-13-11-16-33-35(29)27-60(49(33)67)39-20-21-41(63)58-46(39)64/h10-11,13-16,18-19,22-25,39,45,57H,5-7,9,17,20-21,26-27H2,1-4H3,(H,56,62)(H,59,65)(H,58,63,64). The van der Waals surface area contributed by atoms with Crippen LogP contribution in [0.5, 0.6) is 0 Å². The van der Waals surface area contributed by atoms with Crippen molar-refractivity contribution in [3.8, 4) is 11.8 Å². The van der Waals surface area contributed by atoms with E-state index in [1.165, 1.54) is 35.2 Å². The molecular weight excluding hydrogens is 917 g/mol. The first-order chi connectivity index (χ1) is 32.8. The van der Waals surface area contributed by atoms with Crippen LogP contribution in [-0.4, -0.2) is 74.4 Å². The second-order valence-corrected chi connectivity index (χ2v) is 18.1. The molecule has 5 aromatic rings. The molecule has 0 saturated carbocycles. The number of imide groups is 1. The number of aromatic nitrogens is 1. The Morgan fingerprint density at radius 3 is 2.42 bits per heavy atom. The van der Waals surface area contributed by atoms with Gasteiger partial charge < -0.3 is 30.2 Å². The number of amides is 6. The SMILES string of the molecule is CCOC(=O)c1[nH]c2cc(Cl)ccc2c1C(C(=O)NC(C)(C)C)N(Cc1cc(F)c(F)c(F)c1)C(=O)c1cccc(NC(=O)CCCCC#Cc2cccc3c2CN(C2CCC(=O)NC2=O)C3=O)c1. The lowest BCUT2D eigenvalue weighted by molar-refractivity contribution is -0.137. The monoisotopic (exact) mass is 964 g/mol. The third kappa shape index (κ3) is 11.3. The maximum atomic E-state index is 15.0. The van der Waals surface area contributed by atoms with Gasteiger partial charge >= 0.3 is 5.97 Å². The van der Waals surface area contributed by atoms with Crippen molar-refractivity contribution in [2.75, 3.05) is 11.9 Å². The third-order valence-electron chi connectivity index (χ3n) is 11.4. The van der Waals surface area contributed by atoms with Crippen molar-refractivity contribution in [1.82, 2.24) is 25.4 Å². The molecular formula is C51H48ClF3N6O8.